The number of hydrogen-bond acceptors (Lipinski definition) is 5. The van der Waals surface area contributed by atoms with Crippen LogP contribution < -0.4 is 14.8 Å². The summed E-state index contributed by atoms with van der Waals surface area (Å²) in [5.41, 5.74) is 0.898. The Balaban J connectivity index is 2.65. The van der Waals surface area contributed by atoms with Gasteiger partial charge < -0.3 is 25.0 Å². The van der Waals surface area contributed by atoms with Crippen molar-refractivity contribution in [1.82, 2.24) is 5.32 Å². The Hall–Kier alpha value is -1.56. The summed E-state index contributed by atoms with van der Waals surface area (Å²) in [6, 6.07) is 5.80. The largest absolute Gasteiger partial charge is 0.493 e. The van der Waals surface area contributed by atoms with Gasteiger partial charge in [-0.25, -0.2) is 0 Å². The monoisotopic (exact) mass is 295 g/mol. The summed E-state index contributed by atoms with van der Waals surface area (Å²) in [7, 11) is 1.57. The van der Waals surface area contributed by atoms with Crippen LogP contribution in [0.5, 0.6) is 11.5 Å². The Labute approximate surface area is 126 Å². The molecule has 0 fully saturated rings. The first-order valence-corrected chi connectivity index (χ1v) is 7.06. The van der Waals surface area contributed by atoms with Gasteiger partial charge in [-0.15, -0.1) is 0 Å². The Morgan fingerprint density at radius 2 is 2.05 bits per heavy atom. The molecule has 0 radical (unpaired) electrons. The number of aliphatic hydroxyl groups excluding tert-OH is 2. The fourth-order valence-corrected chi connectivity index (χ4v) is 1.72. The summed E-state index contributed by atoms with van der Waals surface area (Å²) in [5, 5.41) is 21.8. The van der Waals surface area contributed by atoms with Crippen molar-refractivity contribution in [2.45, 2.75) is 26.0 Å². The molecule has 5 heteroatoms. The van der Waals surface area contributed by atoms with E-state index in [-0.39, 0.29) is 13.2 Å². The van der Waals surface area contributed by atoms with E-state index in [0.717, 1.165) is 5.56 Å². The highest BCUT2D eigenvalue weighted by Crippen LogP contribution is 2.28. The van der Waals surface area contributed by atoms with Gasteiger partial charge in [-0.2, -0.15) is 0 Å². The van der Waals surface area contributed by atoms with Crippen LogP contribution in [0.25, 0.3) is 6.08 Å². The number of rotatable bonds is 9. The smallest absolute Gasteiger partial charge is 0.161 e. The predicted octanol–water partition coefficient (Wildman–Crippen LogP) is 1.44. The highest BCUT2D eigenvalue weighted by atomic mass is 16.5. The zero-order valence-electron chi connectivity index (χ0n) is 12.9. The molecule has 1 aromatic rings. The third-order valence-electron chi connectivity index (χ3n) is 2.80. The maximum atomic E-state index is 9.86. The third kappa shape index (κ3) is 6.62. The van der Waals surface area contributed by atoms with Gasteiger partial charge in [0.05, 0.1) is 13.7 Å². The van der Waals surface area contributed by atoms with E-state index < -0.39 is 6.10 Å². The quantitative estimate of drug-likeness (QED) is 0.643. The second-order valence-corrected chi connectivity index (χ2v) is 5.02. The molecule has 0 amide bonds. The molecule has 118 valence electrons. The van der Waals surface area contributed by atoms with E-state index in [1.807, 2.05) is 26.0 Å². The molecule has 0 bridgehead atoms. The lowest BCUT2D eigenvalue weighted by molar-refractivity contribution is 0.103. The van der Waals surface area contributed by atoms with E-state index in [4.69, 9.17) is 14.6 Å². The van der Waals surface area contributed by atoms with Gasteiger partial charge >= 0.3 is 0 Å². The molecule has 0 aromatic heterocycles. The van der Waals surface area contributed by atoms with E-state index in [1.54, 1.807) is 25.3 Å². The number of nitrogens with one attached hydrogen (secondary N) is 1. The van der Waals surface area contributed by atoms with Crippen LogP contribution in [0.4, 0.5) is 0 Å². The fourth-order valence-electron chi connectivity index (χ4n) is 1.72. The lowest BCUT2D eigenvalue weighted by Gasteiger charge is -2.16. The molecule has 21 heavy (non-hydrogen) atoms. The van der Waals surface area contributed by atoms with Gasteiger partial charge in [-0.1, -0.05) is 32.1 Å². The van der Waals surface area contributed by atoms with Crippen LogP contribution in [0.3, 0.4) is 0 Å². The summed E-state index contributed by atoms with van der Waals surface area (Å²) in [5.74, 6) is 1.18. The molecule has 1 atom stereocenters. The Morgan fingerprint density at radius 3 is 2.67 bits per heavy atom. The molecule has 1 aromatic carbocycles. The van der Waals surface area contributed by atoms with Gasteiger partial charge in [0.15, 0.2) is 11.5 Å². The second-order valence-electron chi connectivity index (χ2n) is 5.02. The average Bonchev–Trinajstić information content (AvgIpc) is 2.48. The first-order valence-electron chi connectivity index (χ1n) is 7.06. The first kappa shape index (κ1) is 17.5. The minimum absolute atomic E-state index is 0.0121. The fraction of sp³-hybridized carbons (Fsp3) is 0.500. The van der Waals surface area contributed by atoms with Crippen molar-refractivity contribution in [3.05, 3.63) is 29.8 Å². The van der Waals surface area contributed by atoms with Crippen LogP contribution in [0, 0.1) is 0 Å². The van der Waals surface area contributed by atoms with Crippen molar-refractivity contribution in [2.75, 3.05) is 26.9 Å². The molecule has 3 N–H and O–H groups in total. The average molecular weight is 295 g/mol. The van der Waals surface area contributed by atoms with E-state index in [0.29, 0.717) is 24.1 Å². The zero-order valence-corrected chi connectivity index (χ0v) is 12.9. The van der Waals surface area contributed by atoms with Gasteiger partial charge in [-0.3, -0.25) is 0 Å². The minimum Gasteiger partial charge on any atom is -0.493 e. The van der Waals surface area contributed by atoms with Crippen LogP contribution in [0.15, 0.2) is 24.3 Å². The van der Waals surface area contributed by atoms with Gasteiger partial charge in [0.2, 0.25) is 0 Å². The number of hydrogen-bond donors (Lipinski definition) is 3. The number of ether oxygens (including phenoxy) is 2. The normalized spacial score (nSPS) is 12.9. The Kier molecular flexibility index (Phi) is 7.82. The molecular weight excluding hydrogens is 270 g/mol. The second kappa shape index (κ2) is 9.39. The van der Waals surface area contributed by atoms with E-state index in [9.17, 15) is 5.11 Å². The molecular formula is C16H25NO4. The molecule has 0 aliphatic heterocycles. The molecule has 1 unspecified atom stereocenters. The molecule has 0 spiro atoms. The van der Waals surface area contributed by atoms with E-state index in [2.05, 4.69) is 5.32 Å². The zero-order chi connectivity index (χ0) is 15.7. The Bertz CT molecular complexity index is 446. The molecule has 0 saturated carbocycles. The maximum Gasteiger partial charge on any atom is 0.161 e. The van der Waals surface area contributed by atoms with Crippen LogP contribution in [0.1, 0.15) is 19.4 Å². The lowest BCUT2D eigenvalue weighted by Crippen LogP contribution is -2.35. The van der Waals surface area contributed by atoms with Gasteiger partial charge in [0.25, 0.3) is 0 Å². The van der Waals surface area contributed by atoms with Crippen LogP contribution in [-0.4, -0.2) is 49.2 Å². The highest BCUT2D eigenvalue weighted by molar-refractivity contribution is 5.55. The standard InChI is InChI=1S/C16H25NO4/c1-12(2)17-10-14(19)11-21-16-9-13(5-4-8-18)6-7-15(16)20-3/h4-7,9,12,14,17-19H,8,10-11H2,1-3H3/b5-4+. The van der Waals surface area contributed by atoms with E-state index in [1.165, 1.54) is 0 Å². The summed E-state index contributed by atoms with van der Waals surface area (Å²) in [6.45, 7) is 4.69. The number of methoxy groups -OCH3 is 1. The maximum absolute atomic E-state index is 9.86. The SMILES string of the molecule is COc1ccc(/C=C/CO)cc1OCC(O)CNC(C)C. The van der Waals surface area contributed by atoms with Crippen molar-refractivity contribution in [1.29, 1.82) is 0 Å². The Morgan fingerprint density at radius 1 is 1.29 bits per heavy atom. The molecule has 0 aliphatic carbocycles. The summed E-state index contributed by atoms with van der Waals surface area (Å²) >= 11 is 0. The molecule has 0 aliphatic rings. The molecule has 0 heterocycles. The first-order chi connectivity index (χ1) is 10.1. The van der Waals surface area contributed by atoms with Crippen LogP contribution in [-0.2, 0) is 0 Å². The summed E-state index contributed by atoms with van der Waals surface area (Å²) in [6.07, 6.45) is 2.85. The molecule has 0 saturated heterocycles. The molecule has 5 nitrogen and oxygen atoms in total. The van der Waals surface area contributed by atoms with E-state index >= 15 is 0 Å². The van der Waals surface area contributed by atoms with Crippen molar-refractivity contribution in [3.63, 3.8) is 0 Å². The number of benzene rings is 1. The minimum atomic E-state index is -0.589. The summed E-state index contributed by atoms with van der Waals surface area (Å²) < 4.78 is 10.9. The van der Waals surface area contributed by atoms with Crippen molar-refractivity contribution in [2.24, 2.45) is 0 Å². The topological polar surface area (TPSA) is 71.0 Å². The van der Waals surface area contributed by atoms with Crippen molar-refractivity contribution in [3.8, 4) is 11.5 Å². The number of aliphatic hydroxyl groups is 2. The lowest BCUT2D eigenvalue weighted by atomic mass is 10.2. The van der Waals surface area contributed by atoms with Gasteiger partial charge in [-0.05, 0) is 17.7 Å². The third-order valence-corrected chi connectivity index (χ3v) is 2.80. The van der Waals surface area contributed by atoms with Crippen LogP contribution in [0.2, 0.25) is 0 Å². The van der Waals surface area contributed by atoms with Crippen LogP contribution >= 0.6 is 0 Å². The summed E-state index contributed by atoms with van der Waals surface area (Å²) in [4.78, 5) is 0. The van der Waals surface area contributed by atoms with Gasteiger partial charge in [0.1, 0.15) is 12.7 Å². The van der Waals surface area contributed by atoms with Crippen molar-refractivity contribution >= 4 is 6.08 Å². The molecule has 1 rings (SSSR count). The highest BCUT2D eigenvalue weighted by Gasteiger charge is 2.09. The van der Waals surface area contributed by atoms with Gasteiger partial charge in [0, 0.05) is 12.6 Å². The predicted molar refractivity (Wildman–Crippen MR) is 83.8 cm³/mol. The van der Waals surface area contributed by atoms with Crippen molar-refractivity contribution < 1.29 is 19.7 Å².